The van der Waals surface area contributed by atoms with Crippen LogP contribution in [0.1, 0.15) is 5.56 Å². The number of nitrogens with zero attached hydrogens (tertiary/aromatic N) is 1. The Kier molecular flexibility index (Phi) is 5.82. The number of anilines is 1. The SMILES string of the molecule is Cc1cccc(NC(=O)NCC#CCOc2cccnc2)c1. The van der Waals surface area contributed by atoms with E-state index in [-0.39, 0.29) is 19.2 Å². The van der Waals surface area contributed by atoms with E-state index in [2.05, 4.69) is 27.5 Å². The zero-order valence-corrected chi connectivity index (χ0v) is 12.3. The number of carbonyl (C=O) groups is 1. The highest BCUT2D eigenvalue weighted by molar-refractivity contribution is 5.89. The molecule has 0 unspecified atom stereocenters. The van der Waals surface area contributed by atoms with E-state index >= 15 is 0 Å². The summed E-state index contributed by atoms with van der Waals surface area (Å²) in [7, 11) is 0. The van der Waals surface area contributed by atoms with E-state index in [0.717, 1.165) is 11.3 Å². The molecule has 0 radical (unpaired) electrons. The van der Waals surface area contributed by atoms with Crippen LogP contribution in [0, 0.1) is 18.8 Å². The highest BCUT2D eigenvalue weighted by atomic mass is 16.5. The van der Waals surface area contributed by atoms with Crippen LogP contribution in [0.25, 0.3) is 0 Å². The molecule has 5 nitrogen and oxygen atoms in total. The molecule has 1 heterocycles. The van der Waals surface area contributed by atoms with Crippen molar-refractivity contribution in [2.45, 2.75) is 6.92 Å². The van der Waals surface area contributed by atoms with Gasteiger partial charge in [0, 0.05) is 11.9 Å². The fourth-order valence-corrected chi connectivity index (χ4v) is 1.69. The van der Waals surface area contributed by atoms with E-state index in [4.69, 9.17) is 4.74 Å². The molecule has 0 atom stereocenters. The first-order chi connectivity index (χ1) is 10.7. The van der Waals surface area contributed by atoms with Gasteiger partial charge in [-0.2, -0.15) is 0 Å². The third-order valence-corrected chi connectivity index (χ3v) is 2.68. The first-order valence-corrected chi connectivity index (χ1v) is 6.84. The summed E-state index contributed by atoms with van der Waals surface area (Å²) in [5.74, 6) is 6.30. The lowest BCUT2D eigenvalue weighted by Gasteiger charge is -2.05. The first-order valence-electron chi connectivity index (χ1n) is 6.84. The molecule has 1 aromatic carbocycles. The molecule has 0 aliphatic heterocycles. The molecule has 1 aromatic heterocycles. The Morgan fingerprint density at radius 2 is 2.18 bits per heavy atom. The molecule has 0 saturated carbocycles. The molecule has 5 heteroatoms. The second-order valence-electron chi connectivity index (χ2n) is 4.51. The summed E-state index contributed by atoms with van der Waals surface area (Å²) in [4.78, 5) is 15.6. The molecule has 112 valence electrons. The number of aryl methyl sites for hydroxylation is 1. The smallest absolute Gasteiger partial charge is 0.319 e. The lowest BCUT2D eigenvalue weighted by Crippen LogP contribution is -2.28. The number of hydrogen-bond acceptors (Lipinski definition) is 3. The van der Waals surface area contributed by atoms with Crippen molar-refractivity contribution in [1.29, 1.82) is 0 Å². The molecule has 2 amide bonds. The van der Waals surface area contributed by atoms with Gasteiger partial charge in [0.05, 0.1) is 12.7 Å². The van der Waals surface area contributed by atoms with Crippen LogP contribution in [-0.2, 0) is 0 Å². The van der Waals surface area contributed by atoms with E-state index in [0.29, 0.717) is 5.75 Å². The summed E-state index contributed by atoms with van der Waals surface area (Å²) in [6, 6.07) is 10.9. The van der Waals surface area contributed by atoms with Crippen LogP contribution in [0.4, 0.5) is 10.5 Å². The van der Waals surface area contributed by atoms with Gasteiger partial charge in [0.25, 0.3) is 0 Å². The highest BCUT2D eigenvalue weighted by Gasteiger charge is 1.99. The van der Waals surface area contributed by atoms with Crippen molar-refractivity contribution in [3.63, 3.8) is 0 Å². The Bertz CT molecular complexity index is 675. The van der Waals surface area contributed by atoms with E-state index < -0.39 is 0 Å². The summed E-state index contributed by atoms with van der Waals surface area (Å²) < 4.78 is 5.36. The Morgan fingerprint density at radius 1 is 1.27 bits per heavy atom. The molecule has 0 aliphatic rings. The summed E-state index contributed by atoms with van der Waals surface area (Å²) in [6.45, 7) is 2.48. The summed E-state index contributed by atoms with van der Waals surface area (Å²) >= 11 is 0. The molecule has 0 bridgehead atoms. The lowest BCUT2D eigenvalue weighted by molar-refractivity contribution is 0.253. The van der Waals surface area contributed by atoms with Crippen molar-refractivity contribution in [3.05, 3.63) is 54.4 Å². The van der Waals surface area contributed by atoms with Crippen molar-refractivity contribution >= 4 is 11.7 Å². The maximum absolute atomic E-state index is 11.6. The molecule has 0 saturated heterocycles. The van der Waals surface area contributed by atoms with Crippen molar-refractivity contribution in [2.24, 2.45) is 0 Å². The van der Waals surface area contributed by atoms with Gasteiger partial charge in [0.15, 0.2) is 0 Å². The lowest BCUT2D eigenvalue weighted by atomic mass is 10.2. The number of rotatable bonds is 4. The molecule has 2 aromatic rings. The normalized spacial score (nSPS) is 9.32. The van der Waals surface area contributed by atoms with E-state index in [1.807, 2.05) is 37.3 Å². The number of hydrogen-bond donors (Lipinski definition) is 2. The van der Waals surface area contributed by atoms with Crippen molar-refractivity contribution in [1.82, 2.24) is 10.3 Å². The third-order valence-electron chi connectivity index (χ3n) is 2.68. The maximum atomic E-state index is 11.6. The molecular formula is C17H17N3O2. The second kappa shape index (κ2) is 8.32. The number of nitrogens with one attached hydrogen (secondary N) is 2. The summed E-state index contributed by atoms with van der Waals surface area (Å²) in [5.41, 5.74) is 1.84. The van der Waals surface area contributed by atoms with Crippen molar-refractivity contribution in [3.8, 4) is 17.6 Å². The fraction of sp³-hybridized carbons (Fsp3) is 0.176. The highest BCUT2D eigenvalue weighted by Crippen LogP contribution is 2.08. The minimum atomic E-state index is -0.284. The third kappa shape index (κ3) is 5.55. The van der Waals surface area contributed by atoms with Gasteiger partial charge in [0.2, 0.25) is 0 Å². The molecule has 0 spiro atoms. The van der Waals surface area contributed by atoms with E-state index in [1.54, 1.807) is 18.5 Å². The van der Waals surface area contributed by atoms with E-state index in [1.165, 1.54) is 0 Å². The van der Waals surface area contributed by atoms with Gasteiger partial charge in [-0.05, 0) is 36.8 Å². The standard InChI is InChI=1S/C17H17N3O2/c1-14-6-4-7-15(12-14)20-17(21)19-10-2-3-11-22-16-8-5-9-18-13-16/h4-9,12-13H,10-11H2,1H3,(H2,19,20,21). The number of aromatic nitrogens is 1. The van der Waals surface area contributed by atoms with Crippen LogP contribution in [0.15, 0.2) is 48.8 Å². The molecule has 0 aliphatic carbocycles. The minimum Gasteiger partial charge on any atom is -0.479 e. The number of ether oxygens (including phenoxy) is 1. The van der Waals surface area contributed by atoms with Crippen molar-refractivity contribution in [2.75, 3.05) is 18.5 Å². The van der Waals surface area contributed by atoms with Gasteiger partial charge in [0.1, 0.15) is 12.4 Å². The predicted molar refractivity (Wildman–Crippen MR) is 85.7 cm³/mol. The molecule has 2 N–H and O–H groups in total. The van der Waals surface area contributed by atoms with Crippen LogP contribution < -0.4 is 15.4 Å². The van der Waals surface area contributed by atoms with Gasteiger partial charge >= 0.3 is 6.03 Å². The Labute approximate surface area is 129 Å². The molecule has 22 heavy (non-hydrogen) atoms. The maximum Gasteiger partial charge on any atom is 0.319 e. The second-order valence-corrected chi connectivity index (χ2v) is 4.51. The van der Waals surface area contributed by atoms with Crippen molar-refractivity contribution < 1.29 is 9.53 Å². The van der Waals surface area contributed by atoms with Crippen LogP contribution in [0.2, 0.25) is 0 Å². The Morgan fingerprint density at radius 3 is 2.95 bits per heavy atom. The number of carbonyl (C=O) groups excluding carboxylic acids is 1. The largest absolute Gasteiger partial charge is 0.479 e. The monoisotopic (exact) mass is 295 g/mol. The average Bonchev–Trinajstić information content (AvgIpc) is 2.52. The fourth-order valence-electron chi connectivity index (χ4n) is 1.69. The number of amides is 2. The van der Waals surface area contributed by atoms with Crippen LogP contribution in [-0.4, -0.2) is 24.2 Å². The zero-order chi connectivity index (χ0) is 15.6. The van der Waals surface area contributed by atoms with Gasteiger partial charge in [-0.1, -0.05) is 24.0 Å². The van der Waals surface area contributed by atoms with Gasteiger partial charge < -0.3 is 15.4 Å². The predicted octanol–water partition coefficient (Wildman–Crippen LogP) is 2.59. The minimum absolute atomic E-state index is 0.257. The van der Waals surface area contributed by atoms with Gasteiger partial charge in [-0.3, -0.25) is 4.98 Å². The van der Waals surface area contributed by atoms with Crippen LogP contribution in [0.3, 0.4) is 0 Å². The molecule has 2 rings (SSSR count). The van der Waals surface area contributed by atoms with Crippen LogP contribution in [0.5, 0.6) is 5.75 Å². The number of benzene rings is 1. The summed E-state index contributed by atoms with van der Waals surface area (Å²) in [5, 5.41) is 5.40. The van der Waals surface area contributed by atoms with E-state index in [9.17, 15) is 4.79 Å². The topological polar surface area (TPSA) is 63.2 Å². The zero-order valence-electron chi connectivity index (χ0n) is 12.3. The number of urea groups is 1. The molecular weight excluding hydrogens is 278 g/mol. The quantitative estimate of drug-likeness (QED) is 0.852. The average molecular weight is 295 g/mol. The molecule has 0 fully saturated rings. The van der Waals surface area contributed by atoms with Gasteiger partial charge in [-0.25, -0.2) is 4.79 Å². The van der Waals surface area contributed by atoms with Crippen LogP contribution >= 0.6 is 0 Å². The Balaban J connectivity index is 1.66. The van der Waals surface area contributed by atoms with Gasteiger partial charge in [-0.15, -0.1) is 0 Å². The Hall–Kier alpha value is -3.00. The number of pyridine rings is 1. The first kappa shape index (κ1) is 15.4. The summed E-state index contributed by atoms with van der Waals surface area (Å²) in [6.07, 6.45) is 3.30.